The zero-order valence-corrected chi connectivity index (χ0v) is 8.23. The summed E-state index contributed by atoms with van der Waals surface area (Å²) in [6.07, 6.45) is 1.37. The molecule has 0 saturated carbocycles. The van der Waals surface area contributed by atoms with Gasteiger partial charge in [-0.05, 0) is 13.8 Å². The lowest BCUT2D eigenvalue weighted by Crippen LogP contribution is -2.24. The van der Waals surface area contributed by atoms with Crippen LogP contribution in [0.1, 0.15) is 19.9 Å². The molecule has 0 aromatic carbocycles. The van der Waals surface area contributed by atoms with Gasteiger partial charge in [0.1, 0.15) is 5.02 Å². The van der Waals surface area contributed by atoms with Crippen LogP contribution in [0.3, 0.4) is 0 Å². The molecular weight excluding hydrogens is 199 g/mol. The molecule has 5 heteroatoms. The highest BCUT2D eigenvalue weighted by Gasteiger charge is 2.08. The lowest BCUT2D eigenvalue weighted by molar-refractivity contribution is 0.503. The Morgan fingerprint density at radius 1 is 1.50 bits per heavy atom. The molecule has 66 valence electrons. The van der Waals surface area contributed by atoms with Crippen molar-refractivity contribution >= 4 is 23.2 Å². The highest BCUT2D eigenvalue weighted by Crippen LogP contribution is 2.15. The molecule has 3 nitrogen and oxygen atoms in total. The summed E-state index contributed by atoms with van der Waals surface area (Å²) < 4.78 is 1.29. The van der Waals surface area contributed by atoms with Gasteiger partial charge in [0.05, 0.1) is 17.3 Å². The maximum Gasteiger partial charge on any atom is 0.287 e. The maximum absolute atomic E-state index is 11.3. The molecule has 0 aliphatic heterocycles. The van der Waals surface area contributed by atoms with E-state index in [2.05, 4.69) is 5.10 Å². The summed E-state index contributed by atoms with van der Waals surface area (Å²) in [6, 6.07) is -0.00716. The van der Waals surface area contributed by atoms with Gasteiger partial charge in [-0.15, -0.1) is 0 Å². The largest absolute Gasteiger partial charge is 0.287 e. The van der Waals surface area contributed by atoms with E-state index in [-0.39, 0.29) is 21.6 Å². The van der Waals surface area contributed by atoms with E-state index in [1.807, 2.05) is 13.8 Å². The first-order chi connectivity index (χ1) is 5.54. The van der Waals surface area contributed by atoms with Crippen molar-refractivity contribution in [1.29, 1.82) is 0 Å². The average molecular weight is 207 g/mol. The minimum atomic E-state index is -0.348. The Morgan fingerprint density at radius 2 is 2.08 bits per heavy atom. The maximum atomic E-state index is 11.3. The molecule has 1 aromatic rings. The van der Waals surface area contributed by atoms with Gasteiger partial charge < -0.3 is 0 Å². The molecule has 0 aliphatic rings. The summed E-state index contributed by atoms with van der Waals surface area (Å²) in [5.41, 5.74) is -0.348. The molecule has 0 atom stereocenters. The minimum absolute atomic E-state index is 0.00716. The monoisotopic (exact) mass is 206 g/mol. The van der Waals surface area contributed by atoms with Crippen LogP contribution in [-0.2, 0) is 0 Å². The van der Waals surface area contributed by atoms with Gasteiger partial charge in [-0.1, -0.05) is 23.2 Å². The van der Waals surface area contributed by atoms with Gasteiger partial charge in [0, 0.05) is 0 Å². The quantitative estimate of drug-likeness (QED) is 0.706. The molecule has 0 radical (unpaired) electrons. The van der Waals surface area contributed by atoms with Crippen LogP contribution in [-0.4, -0.2) is 9.78 Å². The highest BCUT2D eigenvalue weighted by molar-refractivity contribution is 6.41. The number of rotatable bonds is 1. The molecule has 12 heavy (non-hydrogen) atoms. The van der Waals surface area contributed by atoms with Crippen LogP contribution in [0.2, 0.25) is 10.0 Å². The number of nitrogens with zero attached hydrogens (tertiary/aromatic N) is 2. The summed E-state index contributed by atoms with van der Waals surface area (Å²) >= 11 is 11.2. The van der Waals surface area contributed by atoms with Gasteiger partial charge in [-0.2, -0.15) is 5.10 Å². The van der Waals surface area contributed by atoms with Crippen molar-refractivity contribution < 1.29 is 0 Å². The van der Waals surface area contributed by atoms with Gasteiger partial charge in [-0.25, -0.2) is 4.68 Å². The SMILES string of the molecule is CC(C)n1ncc(Cl)c(Cl)c1=O. The molecule has 0 amide bonds. The van der Waals surface area contributed by atoms with Crippen molar-refractivity contribution in [2.75, 3.05) is 0 Å². The van der Waals surface area contributed by atoms with E-state index in [0.29, 0.717) is 0 Å². The fourth-order valence-electron chi connectivity index (χ4n) is 0.793. The third-order valence-corrected chi connectivity index (χ3v) is 2.14. The van der Waals surface area contributed by atoms with E-state index in [9.17, 15) is 4.79 Å². The Labute approximate surface area is 79.9 Å². The van der Waals surface area contributed by atoms with Crippen LogP contribution >= 0.6 is 23.2 Å². The molecule has 0 aliphatic carbocycles. The van der Waals surface area contributed by atoms with Crippen LogP contribution in [0.4, 0.5) is 0 Å². The van der Waals surface area contributed by atoms with E-state index in [1.165, 1.54) is 10.9 Å². The standard InChI is InChI=1S/C7H8Cl2N2O/c1-4(2)11-7(12)6(9)5(8)3-10-11/h3-4H,1-2H3. The van der Waals surface area contributed by atoms with Crippen molar-refractivity contribution in [3.8, 4) is 0 Å². The third-order valence-electron chi connectivity index (χ3n) is 1.39. The van der Waals surface area contributed by atoms with Crippen molar-refractivity contribution in [1.82, 2.24) is 9.78 Å². The predicted molar refractivity (Wildman–Crippen MR) is 48.9 cm³/mol. The minimum Gasteiger partial charge on any atom is -0.266 e. The Hall–Kier alpha value is -0.540. The van der Waals surface area contributed by atoms with Crippen LogP contribution in [0, 0.1) is 0 Å². The number of hydrogen-bond donors (Lipinski definition) is 0. The molecular formula is C7H8Cl2N2O. The smallest absolute Gasteiger partial charge is 0.266 e. The fourth-order valence-corrected chi connectivity index (χ4v) is 1.05. The number of aromatic nitrogens is 2. The molecule has 0 bridgehead atoms. The van der Waals surface area contributed by atoms with E-state index in [1.54, 1.807) is 0 Å². The van der Waals surface area contributed by atoms with Gasteiger partial charge in [0.25, 0.3) is 5.56 Å². The first-order valence-corrected chi connectivity index (χ1v) is 4.22. The summed E-state index contributed by atoms with van der Waals surface area (Å²) in [6.45, 7) is 3.69. The zero-order valence-electron chi connectivity index (χ0n) is 6.71. The Morgan fingerprint density at radius 3 is 2.58 bits per heavy atom. The van der Waals surface area contributed by atoms with Gasteiger partial charge >= 0.3 is 0 Å². The predicted octanol–water partition coefficient (Wildman–Crippen LogP) is 2.13. The second kappa shape index (κ2) is 3.46. The summed E-state index contributed by atoms with van der Waals surface area (Å²) in [4.78, 5) is 11.3. The Kier molecular flexibility index (Phi) is 2.75. The van der Waals surface area contributed by atoms with Gasteiger partial charge in [-0.3, -0.25) is 4.79 Å². The Balaban J connectivity index is 3.37. The summed E-state index contributed by atoms with van der Waals surface area (Å²) in [7, 11) is 0. The first kappa shape index (κ1) is 9.55. The summed E-state index contributed by atoms with van der Waals surface area (Å²) in [5.74, 6) is 0. The van der Waals surface area contributed by atoms with Crippen LogP contribution in [0.25, 0.3) is 0 Å². The molecule has 1 rings (SSSR count). The lowest BCUT2D eigenvalue weighted by atomic mass is 10.4. The van der Waals surface area contributed by atoms with E-state index < -0.39 is 0 Å². The molecule has 0 fully saturated rings. The summed E-state index contributed by atoms with van der Waals surface area (Å²) in [5, 5.41) is 4.05. The van der Waals surface area contributed by atoms with Gasteiger partial charge in [0.2, 0.25) is 0 Å². The lowest BCUT2D eigenvalue weighted by Gasteiger charge is -2.07. The molecule has 0 unspecified atom stereocenters. The second-order valence-corrected chi connectivity index (χ2v) is 3.44. The fraction of sp³-hybridized carbons (Fsp3) is 0.429. The molecule has 1 aromatic heterocycles. The zero-order chi connectivity index (χ0) is 9.30. The van der Waals surface area contributed by atoms with Crippen molar-refractivity contribution in [2.45, 2.75) is 19.9 Å². The van der Waals surface area contributed by atoms with Crippen molar-refractivity contribution in [3.63, 3.8) is 0 Å². The highest BCUT2D eigenvalue weighted by atomic mass is 35.5. The Bertz CT molecular complexity index is 346. The molecule has 1 heterocycles. The van der Waals surface area contributed by atoms with Crippen LogP contribution < -0.4 is 5.56 Å². The van der Waals surface area contributed by atoms with Crippen molar-refractivity contribution in [2.24, 2.45) is 0 Å². The van der Waals surface area contributed by atoms with Gasteiger partial charge in [0.15, 0.2) is 0 Å². The van der Waals surface area contributed by atoms with E-state index in [4.69, 9.17) is 23.2 Å². The molecule has 0 spiro atoms. The second-order valence-electron chi connectivity index (χ2n) is 2.65. The first-order valence-electron chi connectivity index (χ1n) is 3.47. The third kappa shape index (κ3) is 1.62. The molecule has 0 saturated heterocycles. The topological polar surface area (TPSA) is 34.9 Å². The molecule has 0 N–H and O–H groups in total. The number of hydrogen-bond acceptors (Lipinski definition) is 2. The van der Waals surface area contributed by atoms with Crippen LogP contribution in [0.5, 0.6) is 0 Å². The van der Waals surface area contributed by atoms with Crippen molar-refractivity contribution in [3.05, 3.63) is 26.6 Å². The normalized spacial score (nSPS) is 10.8. The van der Waals surface area contributed by atoms with Crippen LogP contribution in [0.15, 0.2) is 11.0 Å². The average Bonchev–Trinajstić information content (AvgIpc) is 2.00. The number of halogens is 2. The van der Waals surface area contributed by atoms with E-state index >= 15 is 0 Å². The van der Waals surface area contributed by atoms with E-state index in [0.717, 1.165) is 0 Å².